The zero-order chi connectivity index (χ0) is 21.5. The van der Waals surface area contributed by atoms with Crippen molar-refractivity contribution < 1.29 is 14.3 Å². The van der Waals surface area contributed by atoms with Crippen LogP contribution in [0.4, 0.5) is 0 Å². The van der Waals surface area contributed by atoms with Crippen LogP contribution in [0.5, 0.6) is 5.75 Å². The molecule has 158 valence electrons. The number of thioether (sulfide) groups is 1. The molecule has 1 aromatic heterocycles. The van der Waals surface area contributed by atoms with E-state index in [-0.39, 0.29) is 17.2 Å². The summed E-state index contributed by atoms with van der Waals surface area (Å²) in [6, 6.07) is 12.1. The summed E-state index contributed by atoms with van der Waals surface area (Å²) >= 11 is 7.27. The van der Waals surface area contributed by atoms with Gasteiger partial charge in [0.25, 0.3) is 5.56 Å². The molecule has 30 heavy (non-hydrogen) atoms. The maximum Gasteiger partial charge on any atom is 0.266 e. The number of nitrogens with zero attached hydrogens (tertiary/aromatic N) is 2. The van der Waals surface area contributed by atoms with Crippen molar-refractivity contribution in [2.75, 3.05) is 33.1 Å². The SMILES string of the molecule is COCCCNC(=O)CSc1nc2cc(Cl)ccc2c(=O)n1-c1ccccc1OC. The first-order chi connectivity index (χ1) is 14.5. The van der Waals surface area contributed by atoms with Crippen LogP contribution in [0.1, 0.15) is 6.42 Å². The second kappa shape index (κ2) is 10.5. The third kappa shape index (κ3) is 5.13. The number of hydrogen-bond acceptors (Lipinski definition) is 6. The standard InChI is InChI=1S/C21H22ClN3O4S/c1-28-11-5-10-23-19(26)13-30-21-24-16-12-14(22)8-9-15(16)20(27)25(21)17-6-3-4-7-18(17)29-2/h3-4,6-9,12H,5,10-11,13H2,1-2H3,(H,23,26). The van der Waals surface area contributed by atoms with E-state index in [1.54, 1.807) is 44.6 Å². The van der Waals surface area contributed by atoms with Crippen molar-refractivity contribution >= 4 is 40.2 Å². The Bertz CT molecular complexity index is 1100. The molecule has 1 N–H and O–H groups in total. The van der Waals surface area contributed by atoms with Crippen molar-refractivity contribution in [1.29, 1.82) is 0 Å². The van der Waals surface area contributed by atoms with Crippen LogP contribution >= 0.6 is 23.4 Å². The fourth-order valence-corrected chi connectivity index (χ4v) is 3.89. The number of carbonyl (C=O) groups excluding carboxylic acids is 1. The highest BCUT2D eigenvalue weighted by Gasteiger charge is 2.17. The number of aromatic nitrogens is 2. The van der Waals surface area contributed by atoms with E-state index in [2.05, 4.69) is 10.3 Å². The first-order valence-corrected chi connectivity index (χ1v) is 10.7. The average molecular weight is 448 g/mol. The highest BCUT2D eigenvalue weighted by molar-refractivity contribution is 7.99. The Labute approximate surface area is 183 Å². The second-order valence-electron chi connectivity index (χ2n) is 6.35. The average Bonchev–Trinajstić information content (AvgIpc) is 2.75. The maximum atomic E-state index is 13.3. The Morgan fingerprint density at radius 1 is 1.23 bits per heavy atom. The largest absolute Gasteiger partial charge is 0.495 e. The van der Waals surface area contributed by atoms with E-state index in [0.29, 0.717) is 45.7 Å². The minimum atomic E-state index is -0.260. The lowest BCUT2D eigenvalue weighted by atomic mass is 10.2. The molecule has 0 aliphatic carbocycles. The Balaban J connectivity index is 1.99. The molecule has 2 aromatic carbocycles. The van der Waals surface area contributed by atoms with E-state index in [4.69, 9.17) is 21.1 Å². The Hall–Kier alpha value is -2.55. The molecule has 0 radical (unpaired) electrons. The van der Waals surface area contributed by atoms with Gasteiger partial charge in [0, 0.05) is 25.3 Å². The van der Waals surface area contributed by atoms with E-state index >= 15 is 0 Å². The maximum absolute atomic E-state index is 13.3. The van der Waals surface area contributed by atoms with Gasteiger partial charge in [0.1, 0.15) is 5.75 Å². The number of benzene rings is 2. The highest BCUT2D eigenvalue weighted by Crippen LogP contribution is 2.27. The molecule has 1 amide bonds. The minimum absolute atomic E-state index is 0.112. The van der Waals surface area contributed by atoms with Gasteiger partial charge in [0.2, 0.25) is 5.91 Å². The van der Waals surface area contributed by atoms with Crippen LogP contribution in [0.15, 0.2) is 52.4 Å². The van der Waals surface area contributed by atoms with E-state index in [0.717, 1.165) is 6.42 Å². The number of carbonyl (C=O) groups is 1. The van der Waals surface area contributed by atoms with Gasteiger partial charge in [-0.25, -0.2) is 4.98 Å². The number of amides is 1. The third-order valence-electron chi connectivity index (χ3n) is 4.31. The van der Waals surface area contributed by atoms with Crippen molar-refractivity contribution in [1.82, 2.24) is 14.9 Å². The summed E-state index contributed by atoms with van der Waals surface area (Å²) in [5.74, 6) is 0.490. The molecule has 9 heteroatoms. The molecule has 0 saturated carbocycles. The number of halogens is 1. The number of ether oxygens (including phenoxy) is 2. The molecule has 0 saturated heterocycles. The Morgan fingerprint density at radius 3 is 2.80 bits per heavy atom. The fraction of sp³-hybridized carbons (Fsp3) is 0.286. The van der Waals surface area contributed by atoms with Gasteiger partial charge < -0.3 is 14.8 Å². The number of fused-ring (bicyclic) bond motifs is 1. The predicted octanol–water partition coefficient (Wildman–Crippen LogP) is 3.29. The molecule has 0 unspecified atom stereocenters. The van der Waals surface area contributed by atoms with Crippen LogP contribution in [-0.2, 0) is 9.53 Å². The highest BCUT2D eigenvalue weighted by atomic mass is 35.5. The third-order valence-corrected chi connectivity index (χ3v) is 5.48. The van der Waals surface area contributed by atoms with Crippen LogP contribution in [0.2, 0.25) is 5.02 Å². The van der Waals surface area contributed by atoms with Gasteiger partial charge in [0.15, 0.2) is 5.16 Å². The number of methoxy groups -OCH3 is 2. The van der Waals surface area contributed by atoms with Crippen LogP contribution in [0.3, 0.4) is 0 Å². The number of rotatable bonds is 9. The topological polar surface area (TPSA) is 82.5 Å². The van der Waals surface area contributed by atoms with Crippen molar-refractivity contribution in [2.45, 2.75) is 11.6 Å². The molecule has 3 rings (SSSR count). The summed E-state index contributed by atoms with van der Waals surface area (Å²) < 4.78 is 11.9. The van der Waals surface area contributed by atoms with E-state index in [9.17, 15) is 9.59 Å². The summed E-state index contributed by atoms with van der Waals surface area (Å²) in [5, 5.41) is 4.12. The second-order valence-corrected chi connectivity index (χ2v) is 7.73. The quantitative estimate of drug-likeness (QED) is 0.308. The molecule has 7 nitrogen and oxygen atoms in total. The van der Waals surface area contributed by atoms with Crippen LogP contribution in [0, 0.1) is 0 Å². The van der Waals surface area contributed by atoms with Gasteiger partial charge in [-0.15, -0.1) is 0 Å². The van der Waals surface area contributed by atoms with Crippen molar-refractivity contribution in [2.24, 2.45) is 0 Å². The fourth-order valence-electron chi connectivity index (χ4n) is 2.89. The van der Waals surface area contributed by atoms with E-state index in [1.165, 1.54) is 16.3 Å². The molecular formula is C21H22ClN3O4S. The van der Waals surface area contributed by atoms with Gasteiger partial charge in [-0.1, -0.05) is 35.5 Å². The van der Waals surface area contributed by atoms with Crippen molar-refractivity contribution in [3.05, 3.63) is 57.8 Å². The lowest BCUT2D eigenvalue weighted by molar-refractivity contribution is -0.118. The molecule has 0 aliphatic heterocycles. The van der Waals surface area contributed by atoms with Gasteiger partial charge in [0.05, 0.1) is 29.5 Å². The summed E-state index contributed by atoms with van der Waals surface area (Å²) in [6.07, 6.45) is 0.728. The molecule has 0 bridgehead atoms. The predicted molar refractivity (Wildman–Crippen MR) is 119 cm³/mol. The first kappa shape index (κ1) is 22.1. The van der Waals surface area contributed by atoms with Gasteiger partial charge in [-0.3, -0.25) is 14.2 Å². The van der Waals surface area contributed by atoms with Gasteiger partial charge in [-0.05, 0) is 36.8 Å². The molecule has 1 heterocycles. The first-order valence-electron chi connectivity index (χ1n) is 9.29. The Morgan fingerprint density at radius 2 is 2.03 bits per heavy atom. The summed E-state index contributed by atoms with van der Waals surface area (Å²) in [4.78, 5) is 30.1. The normalized spacial score (nSPS) is 10.9. The van der Waals surface area contributed by atoms with Gasteiger partial charge in [-0.2, -0.15) is 0 Å². The summed E-state index contributed by atoms with van der Waals surface area (Å²) in [5.41, 5.74) is 0.767. The minimum Gasteiger partial charge on any atom is -0.495 e. The molecule has 0 aliphatic rings. The Kier molecular flexibility index (Phi) is 7.73. The van der Waals surface area contributed by atoms with Crippen LogP contribution in [0.25, 0.3) is 16.6 Å². The summed E-state index contributed by atoms with van der Waals surface area (Å²) in [7, 11) is 3.16. The van der Waals surface area contributed by atoms with Crippen molar-refractivity contribution in [3.63, 3.8) is 0 Å². The monoisotopic (exact) mass is 447 g/mol. The lowest BCUT2D eigenvalue weighted by Gasteiger charge is -2.15. The molecule has 0 fully saturated rings. The number of nitrogens with one attached hydrogen (secondary N) is 1. The molecule has 0 spiro atoms. The smallest absolute Gasteiger partial charge is 0.266 e. The van der Waals surface area contributed by atoms with Crippen LogP contribution < -0.4 is 15.6 Å². The number of para-hydroxylation sites is 2. The summed E-state index contributed by atoms with van der Waals surface area (Å²) in [6.45, 7) is 1.10. The lowest BCUT2D eigenvalue weighted by Crippen LogP contribution is -2.28. The molecule has 0 atom stereocenters. The zero-order valence-electron chi connectivity index (χ0n) is 16.7. The number of hydrogen-bond donors (Lipinski definition) is 1. The van der Waals surface area contributed by atoms with E-state index < -0.39 is 0 Å². The van der Waals surface area contributed by atoms with E-state index in [1.807, 2.05) is 12.1 Å². The van der Waals surface area contributed by atoms with Crippen LogP contribution in [-0.4, -0.2) is 48.6 Å². The zero-order valence-corrected chi connectivity index (χ0v) is 18.3. The van der Waals surface area contributed by atoms with Gasteiger partial charge >= 0.3 is 0 Å². The molecular weight excluding hydrogens is 426 g/mol. The molecule has 3 aromatic rings. The van der Waals surface area contributed by atoms with Crippen molar-refractivity contribution in [3.8, 4) is 11.4 Å².